The molecular weight excluding hydrogens is 442 g/mol. The molecule has 7 nitrogen and oxygen atoms in total. The molecule has 3 aromatic heterocycles. The van der Waals surface area contributed by atoms with Crippen LogP contribution in [-0.4, -0.2) is 52.0 Å². The summed E-state index contributed by atoms with van der Waals surface area (Å²) in [6.07, 6.45) is -1.89. The van der Waals surface area contributed by atoms with Crippen molar-refractivity contribution in [1.82, 2.24) is 19.9 Å². The van der Waals surface area contributed by atoms with Crippen LogP contribution in [0.25, 0.3) is 22.6 Å². The Balaban J connectivity index is 1.45. The molecule has 0 saturated carbocycles. The number of alkyl halides is 3. The van der Waals surface area contributed by atoms with E-state index in [9.17, 15) is 18.0 Å². The molecule has 0 atom stereocenters. The van der Waals surface area contributed by atoms with Crippen LogP contribution in [0.2, 0.25) is 0 Å². The largest absolute Gasteiger partial charge is 0.417 e. The zero-order chi connectivity index (χ0) is 23.3. The minimum absolute atomic E-state index is 0.0210. The Bertz CT molecular complexity index is 1350. The second kappa shape index (κ2) is 7.69. The maximum Gasteiger partial charge on any atom is 0.417 e. The number of hydrogen-bond donors (Lipinski definition) is 2. The number of nitrogens with zero attached hydrogens (tertiary/aromatic N) is 3. The number of imidazole rings is 1. The minimum Gasteiger partial charge on any atom is -0.378 e. The Labute approximate surface area is 184 Å². The van der Waals surface area contributed by atoms with E-state index in [0.717, 1.165) is 12.1 Å². The average molecular weight is 459 g/mol. The quantitative estimate of drug-likeness (QED) is 0.346. The molecule has 2 N–H and O–H groups in total. The number of methoxy groups -OCH3 is 1. The SMILES string of the molecule is COC1CN(c2ncc3[nH]c(-c4cc(C(=O)c5ccccc5C(F)(F)F)c[nH]4)nc3c2F)C1. The topological polar surface area (TPSA) is 86.9 Å². The first kappa shape index (κ1) is 21.1. The van der Waals surface area contributed by atoms with Crippen molar-refractivity contribution >= 4 is 22.6 Å². The Morgan fingerprint density at radius 1 is 1.24 bits per heavy atom. The summed E-state index contributed by atoms with van der Waals surface area (Å²) >= 11 is 0. The predicted molar refractivity (Wildman–Crippen MR) is 112 cm³/mol. The van der Waals surface area contributed by atoms with Gasteiger partial charge < -0.3 is 19.6 Å². The lowest BCUT2D eigenvalue weighted by atomic mass is 9.99. The van der Waals surface area contributed by atoms with E-state index >= 15 is 4.39 Å². The highest BCUT2D eigenvalue weighted by molar-refractivity contribution is 6.10. The summed E-state index contributed by atoms with van der Waals surface area (Å²) in [4.78, 5) is 28.7. The van der Waals surface area contributed by atoms with E-state index in [2.05, 4.69) is 19.9 Å². The standard InChI is InChI=1S/C22H17F4N5O2/c1-33-12-9-31(10-12)21-17(23)18-16(8-28-21)29-20(30-18)15-6-11(7-27-15)19(32)13-4-2-3-5-14(13)22(24,25)26/h2-8,12,27H,9-10H2,1H3,(H,29,30). The van der Waals surface area contributed by atoms with Gasteiger partial charge in [0.05, 0.1) is 29.1 Å². The van der Waals surface area contributed by atoms with E-state index in [1.807, 2.05) is 0 Å². The fraction of sp³-hybridized carbons (Fsp3) is 0.227. The molecule has 4 heterocycles. The van der Waals surface area contributed by atoms with Gasteiger partial charge in [-0.2, -0.15) is 13.2 Å². The minimum atomic E-state index is -4.66. The highest BCUT2D eigenvalue weighted by Crippen LogP contribution is 2.33. The number of hydrogen-bond acceptors (Lipinski definition) is 5. The second-order valence-corrected chi connectivity index (χ2v) is 7.68. The van der Waals surface area contributed by atoms with Gasteiger partial charge in [0.1, 0.15) is 5.52 Å². The molecule has 11 heteroatoms. The summed E-state index contributed by atoms with van der Waals surface area (Å²) < 4.78 is 60.1. The van der Waals surface area contributed by atoms with E-state index in [1.54, 1.807) is 12.0 Å². The van der Waals surface area contributed by atoms with E-state index in [4.69, 9.17) is 4.74 Å². The van der Waals surface area contributed by atoms with Crippen LogP contribution in [0.15, 0.2) is 42.7 Å². The molecule has 0 amide bonds. The van der Waals surface area contributed by atoms with Crippen LogP contribution in [0.4, 0.5) is 23.4 Å². The number of ketones is 1. The Hall–Kier alpha value is -3.73. The van der Waals surface area contributed by atoms with Crippen LogP contribution < -0.4 is 4.90 Å². The molecule has 1 aliphatic rings. The number of rotatable bonds is 5. The molecule has 5 rings (SSSR count). The van der Waals surface area contributed by atoms with Gasteiger partial charge in [0.2, 0.25) is 0 Å². The average Bonchev–Trinajstić information content (AvgIpc) is 3.41. The number of H-pyrrole nitrogens is 2. The summed E-state index contributed by atoms with van der Waals surface area (Å²) in [5.41, 5.74) is -0.704. The number of aromatic nitrogens is 4. The van der Waals surface area contributed by atoms with Crippen molar-refractivity contribution in [2.24, 2.45) is 0 Å². The number of aromatic amines is 2. The van der Waals surface area contributed by atoms with Gasteiger partial charge in [-0.15, -0.1) is 0 Å². The molecule has 1 aromatic carbocycles. The molecule has 0 bridgehead atoms. The second-order valence-electron chi connectivity index (χ2n) is 7.68. The Kier molecular flexibility index (Phi) is 4.93. The molecular formula is C22H17F4N5O2. The lowest BCUT2D eigenvalue weighted by Gasteiger charge is -2.38. The number of nitrogens with one attached hydrogen (secondary N) is 2. The van der Waals surface area contributed by atoms with E-state index in [0.29, 0.717) is 24.3 Å². The molecule has 33 heavy (non-hydrogen) atoms. The molecule has 0 spiro atoms. The van der Waals surface area contributed by atoms with Crippen molar-refractivity contribution in [2.75, 3.05) is 25.1 Å². The van der Waals surface area contributed by atoms with Gasteiger partial charge in [0.25, 0.3) is 0 Å². The van der Waals surface area contributed by atoms with Crippen LogP contribution in [0.5, 0.6) is 0 Å². The zero-order valence-electron chi connectivity index (χ0n) is 17.2. The third-order valence-electron chi connectivity index (χ3n) is 5.61. The first-order chi connectivity index (χ1) is 15.8. The van der Waals surface area contributed by atoms with Gasteiger partial charge >= 0.3 is 6.18 Å². The van der Waals surface area contributed by atoms with Crippen LogP contribution >= 0.6 is 0 Å². The summed E-state index contributed by atoms with van der Waals surface area (Å²) in [5, 5.41) is 0. The van der Waals surface area contributed by atoms with E-state index < -0.39 is 28.9 Å². The monoisotopic (exact) mass is 459 g/mol. The summed E-state index contributed by atoms with van der Waals surface area (Å²) in [7, 11) is 1.59. The molecule has 0 radical (unpaired) electrons. The van der Waals surface area contributed by atoms with E-state index in [-0.39, 0.29) is 28.8 Å². The van der Waals surface area contributed by atoms with Crippen LogP contribution in [0.1, 0.15) is 21.5 Å². The normalized spacial score (nSPS) is 14.6. The van der Waals surface area contributed by atoms with Gasteiger partial charge in [0, 0.05) is 37.5 Å². The fourth-order valence-electron chi connectivity index (χ4n) is 3.79. The third-order valence-corrected chi connectivity index (χ3v) is 5.61. The highest BCUT2D eigenvalue weighted by Gasteiger charge is 2.35. The lowest BCUT2D eigenvalue weighted by Crippen LogP contribution is -2.52. The molecule has 1 fully saturated rings. The maximum absolute atomic E-state index is 15.0. The van der Waals surface area contributed by atoms with Gasteiger partial charge in [-0.25, -0.2) is 14.4 Å². The molecule has 4 aromatic rings. The van der Waals surface area contributed by atoms with Crippen molar-refractivity contribution in [2.45, 2.75) is 12.3 Å². The summed E-state index contributed by atoms with van der Waals surface area (Å²) in [6.45, 7) is 1.04. The van der Waals surface area contributed by atoms with Crippen molar-refractivity contribution in [3.63, 3.8) is 0 Å². The number of ether oxygens (including phenoxy) is 1. The fourth-order valence-corrected chi connectivity index (χ4v) is 3.79. The predicted octanol–water partition coefficient (Wildman–Crippen LogP) is 4.18. The van der Waals surface area contributed by atoms with Gasteiger partial charge in [-0.3, -0.25) is 4.79 Å². The van der Waals surface area contributed by atoms with Gasteiger partial charge in [-0.05, 0) is 12.1 Å². The number of halogens is 4. The van der Waals surface area contributed by atoms with Crippen LogP contribution in [0, 0.1) is 5.82 Å². The number of pyridine rings is 1. The maximum atomic E-state index is 15.0. The lowest BCUT2D eigenvalue weighted by molar-refractivity contribution is -0.137. The number of carbonyl (C=O) groups excluding carboxylic acids is 1. The van der Waals surface area contributed by atoms with Crippen LogP contribution in [-0.2, 0) is 10.9 Å². The molecule has 170 valence electrons. The molecule has 1 saturated heterocycles. The first-order valence-electron chi connectivity index (χ1n) is 9.98. The first-order valence-corrected chi connectivity index (χ1v) is 9.98. The van der Waals surface area contributed by atoms with Crippen molar-refractivity contribution in [3.8, 4) is 11.5 Å². The molecule has 0 aliphatic carbocycles. The highest BCUT2D eigenvalue weighted by atomic mass is 19.4. The molecule has 1 aliphatic heterocycles. The van der Waals surface area contributed by atoms with Gasteiger partial charge in [-0.1, -0.05) is 18.2 Å². The number of fused-ring (bicyclic) bond motifs is 1. The van der Waals surface area contributed by atoms with Crippen molar-refractivity contribution in [3.05, 3.63) is 65.2 Å². The van der Waals surface area contributed by atoms with E-state index in [1.165, 1.54) is 30.6 Å². The Morgan fingerprint density at radius 3 is 2.73 bits per heavy atom. The molecule has 0 unspecified atom stereocenters. The number of anilines is 1. The third kappa shape index (κ3) is 3.63. The zero-order valence-corrected chi connectivity index (χ0v) is 17.2. The number of benzene rings is 1. The smallest absolute Gasteiger partial charge is 0.378 e. The Morgan fingerprint density at radius 2 is 2.00 bits per heavy atom. The van der Waals surface area contributed by atoms with Crippen LogP contribution in [0.3, 0.4) is 0 Å². The summed E-state index contributed by atoms with van der Waals surface area (Å²) in [6, 6.07) is 5.96. The number of carbonyl (C=O) groups is 1. The van der Waals surface area contributed by atoms with Crippen molar-refractivity contribution in [1.29, 1.82) is 0 Å². The van der Waals surface area contributed by atoms with Gasteiger partial charge in [0.15, 0.2) is 23.2 Å². The summed E-state index contributed by atoms with van der Waals surface area (Å²) in [5.74, 6) is -0.988. The van der Waals surface area contributed by atoms with Crippen molar-refractivity contribution < 1.29 is 27.1 Å².